The van der Waals surface area contributed by atoms with Crippen LogP contribution in [0.4, 0.5) is 15.8 Å². The van der Waals surface area contributed by atoms with Crippen LogP contribution in [-0.2, 0) is 4.79 Å². The highest BCUT2D eigenvalue weighted by molar-refractivity contribution is 7.09. The molecular weight excluding hydrogens is 433 g/mol. The summed E-state index contributed by atoms with van der Waals surface area (Å²) in [6.45, 7) is 6.00. The van der Waals surface area contributed by atoms with Gasteiger partial charge in [-0.25, -0.2) is 4.39 Å². The first-order valence-corrected chi connectivity index (χ1v) is 10.3. The van der Waals surface area contributed by atoms with Crippen LogP contribution in [0.5, 0.6) is 0 Å². The zero-order valence-electron chi connectivity index (χ0n) is 16.7. The van der Waals surface area contributed by atoms with Gasteiger partial charge in [0, 0.05) is 12.2 Å². The number of carbonyl (C=O) groups excluding carboxylic acids is 3. The molecule has 0 radical (unpaired) electrons. The quantitative estimate of drug-likeness (QED) is 0.563. The number of hydrogen-bond acceptors (Lipinski definition) is 6. The van der Waals surface area contributed by atoms with E-state index in [0.29, 0.717) is 24.0 Å². The highest BCUT2D eigenvalue weighted by atomic mass is 35.5. The number of nitrogens with one attached hydrogen (secondary N) is 1. The maximum absolute atomic E-state index is 13.7. The summed E-state index contributed by atoms with van der Waals surface area (Å²) in [7, 11) is 0. The van der Waals surface area contributed by atoms with Gasteiger partial charge in [0.1, 0.15) is 16.7 Å². The molecule has 2 rings (SSSR count). The number of benzene rings is 1. The minimum absolute atomic E-state index is 0.0638. The van der Waals surface area contributed by atoms with Crippen molar-refractivity contribution < 1.29 is 18.8 Å². The molecule has 1 atom stereocenters. The van der Waals surface area contributed by atoms with Crippen LogP contribution in [0.3, 0.4) is 0 Å². The highest BCUT2D eigenvalue weighted by Crippen LogP contribution is 2.29. The van der Waals surface area contributed by atoms with Crippen molar-refractivity contribution in [3.05, 3.63) is 39.6 Å². The Morgan fingerprint density at radius 1 is 1.30 bits per heavy atom. The molecule has 0 fully saturated rings. The second kappa shape index (κ2) is 9.86. The van der Waals surface area contributed by atoms with Gasteiger partial charge in [0.05, 0.1) is 10.7 Å². The first kappa shape index (κ1) is 23.6. The first-order valence-electron chi connectivity index (χ1n) is 9.15. The molecular formula is C19H23ClFN5O3S. The fraction of sp³-hybridized carbons (Fsp3) is 0.368. The van der Waals surface area contributed by atoms with E-state index in [-0.39, 0.29) is 27.0 Å². The standard InChI is InChI=1S/C19H23ClFN5O3S/c1-9(2)6-7-24-18(28)10(3)26(11-4-5-13(21)12(20)8-11)19(29)16-14(22)15(17(23)27)25-30-16/h4-5,8-10H,6-7,22H2,1-3H3,(H2,23,27)(H,24,28). The van der Waals surface area contributed by atoms with E-state index < -0.39 is 29.6 Å². The minimum atomic E-state index is -0.982. The molecule has 2 aromatic rings. The number of amides is 3. The molecule has 0 saturated heterocycles. The van der Waals surface area contributed by atoms with Crippen molar-refractivity contribution >= 4 is 52.2 Å². The lowest BCUT2D eigenvalue weighted by Gasteiger charge is -2.28. The molecule has 30 heavy (non-hydrogen) atoms. The lowest BCUT2D eigenvalue weighted by molar-refractivity contribution is -0.122. The predicted octanol–water partition coefficient (Wildman–Crippen LogP) is 2.81. The summed E-state index contributed by atoms with van der Waals surface area (Å²) >= 11 is 6.57. The van der Waals surface area contributed by atoms with E-state index in [2.05, 4.69) is 9.69 Å². The maximum atomic E-state index is 13.7. The van der Waals surface area contributed by atoms with Gasteiger partial charge in [-0.2, -0.15) is 4.37 Å². The molecule has 0 aliphatic heterocycles. The average Bonchev–Trinajstić information content (AvgIpc) is 3.05. The number of nitrogens with zero attached hydrogens (tertiary/aromatic N) is 2. The smallest absolute Gasteiger partial charge is 0.272 e. The van der Waals surface area contributed by atoms with Crippen molar-refractivity contribution in [2.45, 2.75) is 33.2 Å². The Morgan fingerprint density at radius 2 is 1.97 bits per heavy atom. The molecule has 162 valence electrons. The van der Waals surface area contributed by atoms with Crippen LogP contribution in [0.15, 0.2) is 18.2 Å². The van der Waals surface area contributed by atoms with Gasteiger partial charge in [0.15, 0.2) is 5.69 Å². The third kappa shape index (κ3) is 5.25. The van der Waals surface area contributed by atoms with Gasteiger partial charge in [0.25, 0.3) is 11.8 Å². The van der Waals surface area contributed by atoms with Gasteiger partial charge >= 0.3 is 0 Å². The second-order valence-electron chi connectivity index (χ2n) is 7.06. The van der Waals surface area contributed by atoms with E-state index >= 15 is 0 Å². The number of halogens is 2. The van der Waals surface area contributed by atoms with Gasteiger partial charge < -0.3 is 16.8 Å². The van der Waals surface area contributed by atoms with Crippen molar-refractivity contribution in [1.82, 2.24) is 9.69 Å². The van der Waals surface area contributed by atoms with Crippen LogP contribution in [0, 0.1) is 11.7 Å². The summed E-state index contributed by atoms with van der Waals surface area (Å²) in [4.78, 5) is 38.5. The normalized spacial score (nSPS) is 11.9. The Morgan fingerprint density at radius 3 is 2.50 bits per heavy atom. The molecule has 8 nitrogen and oxygen atoms in total. The minimum Gasteiger partial charge on any atom is -0.395 e. The summed E-state index contributed by atoms with van der Waals surface area (Å²) in [5.74, 6) is -2.26. The summed E-state index contributed by atoms with van der Waals surface area (Å²) in [5.41, 5.74) is 10.9. The zero-order chi connectivity index (χ0) is 22.6. The molecule has 0 aliphatic carbocycles. The molecule has 0 spiro atoms. The van der Waals surface area contributed by atoms with Crippen LogP contribution in [0.25, 0.3) is 0 Å². The molecule has 11 heteroatoms. The average molecular weight is 456 g/mol. The lowest BCUT2D eigenvalue weighted by atomic mass is 10.1. The number of rotatable bonds is 8. The largest absolute Gasteiger partial charge is 0.395 e. The van der Waals surface area contributed by atoms with Crippen molar-refractivity contribution in [2.24, 2.45) is 11.7 Å². The molecule has 3 amide bonds. The Kier molecular flexibility index (Phi) is 7.74. The van der Waals surface area contributed by atoms with Crippen LogP contribution in [-0.4, -0.2) is 34.7 Å². The Bertz CT molecular complexity index is 966. The monoisotopic (exact) mass is 455 g/mol. The Balaban J connectivity index is 2.43. The van der Waals surface area contributed by atoms with E-state index in [1.165, 1.54) is 19.1 Å². The van der Waals surface area contributed by atoms with Crippen molar-refractivity contribution in [2.75, 3.05) is 17.2 Å². The molecule has 1 aromatic heterocycles. The molecule has 1 heterocycles. The van der Waals surface area contributed by atoms with Crippen molar-refractivity contribution in [1.29, 1.82) is 0 Å². The van der Waals surface area contributed by atoms with E-state index in [1.54, 1.807) is 0 Å². The van der Waals surface area contributed by atoms with E-state index in [1.807, 2.05) is 13.8 Å². The number of hydrogen-bond donors (Lipinski definition) is 3. The fourth-order valence-electron chi connectivity index (χ4n) is 2.64. The molecule has 0 bridgehead atoms. The molecule has 5 N–H and O–H groups in total. The summed E-state index contributed by atoms with van der Waals surface area (Å²) < 4.78 is 17.5. The maximum Gasteiger partial charge on any atom is 0.272 e. The fourth-order valence-corrected chi connectivity index (χ4v) is 3.56. The highest BCUT2D eigenvalue weighted by Gasteiger charge is 2.32. The predicted molar refractivity (Wildman–Crippen MR) is 115 cm³/mol. The lowest BCUT2D eigenvalue weighted by Crippen LogP contribution is -2.48. The van der Waals surface area contributed by atoms with Crippen LogP contribution in [0.2, 0.25) is 5.02 Å². The third-order valence-electron chi connectivity index (χ3n) is 4.34. The number of nitrogens with two attached hydrogens (primary N) is 2. The number of primary amides is 1. The second-order valence-corrected chi connectivity index (χ2v) is 8.24. The molecule has 0 saturated carbocycles. The molecule has 0 aliphatic rings. The van der Waals surface area contributed by atoms with Gasteiger partial charge in [-0.15, -0.1) is 0 Å². The molecule has 1 aromatic carbocycles. The van der Waals surface area contributed by atoms with Crippen LogP contribution >= 0.6 is 23.1 Å². The van der Waals surface area contributed by atoms with E-state index in [0.717, 1.165) is 17.4 Å². The van der Waals surface area contributed by atoms with Crippen molar-refractivity contribution in [3.63, 3.8) is 0 Å². The van der Waals surface area contributed by atoms with Gasteiger partial charge in [-0.05, 0) is 49.0 Å². The van der Waals surface area contributed by atoms with Crippen molar-refractivity contribution in [3.8, 4) is 0 Å². The molecule has 1 unspecified atom stereocenters. The third-order valence-corrected chi connectivity index (χ3v) is 5.48. The van der Waals surface area contributed by atoms with Gasteiger partial charge in [-0.3, -0.25) is 19.3 Å². The summed E-state index contributed by atoms with van der Waals surface area (Å²) in [6.07, 6.45) is 0.762. The van der Waals surface area contributed by atoms with E-state index in [9.17, 15) is 18.8 Å². The van der Waals surface area contributed by atoms with Gasteiger partial charge in [-0.1, -0.05) is 25.4 Å². The Labute approximate surface area is 182 Å². The number of aromatic nitrogens is 1. The Hall–Kier alpha value is -2.72. The zero-order valence-corrected chi connectivity index (χ0v) is 18.3. The van der Waals surface area contributed by atoms with Crippen LogP contribution < -0.4 is 21.7 Å². The number of nitrogen functional groups attached to an aromatic ring is 1. The summed E-state index contributed by atoms with van der Waals surface area (Å²) in [5, 5.41) is 2.56. The summed E-state index contributed by atoms with van der Waals surface area (Å²) in [6, 6.07) is 2.67. The van der Waals surface area contributed by atoms with E-state index in [4.69, 9.17) is 23.1 Å². The first-order chi connectivity index (χ1) is 14.0. The number of carbonyl (C=O) groups is 3. The van der Waals surface area contributed by atoms with Gasteiger partial charge in [0.2, 0.25) is 5.91 Å². The topological polar surface area (TPSA) is 131 Å². The SMILES string of the molecule is CC(C)CCNC(=O)C(C)N(C(=O)c1snc(C(N)=O)c1N)c1ccc(F)c(Cl)c1. The van der Waals surface area contributed by atoms with Crippen LogP contribution in [0.1, 0.15) is 47.4 Å². The number of anilines is 2.